The summed E-state index contributed by atoms with van der Waals surface area (Å²) in [5, 5.41) is 2.30. The lowest BCUT2D eigenvalue weighted by atomic mass is 9.86. The van der Waals surface area contributed by atoms with E-state index in [-0.39, 0.29) is 11.7 Å². The fourth-order valence-electron chi connectivity index (χ4n) is 3.09. The van der Waals surface area contributed by atoms with Crippen LogP contribution in [0.2, 0.25) is 0 Å². The van der Waals surface area contributed by atoms with Crippen LogP contribution in [-0.4, -0.2) is 5.78 Å². The lowest BCUT2D eigenvalue weighted by Gasteiger charge is -2.16. The van der Waals surface area contributed by atoms with Crippen LogP contribution < -0.4 is 0 Å². The van der Waals surface area contributed by atoms with Gasteiger partial charge in [0.15, 0.2) is 5.78 Å². The van der Waals surface area contributed by atoms with Crippen LogP contribution in [0.15, 0.2) is 72.8 Å². The summed E-state index contributed by atoms with van der Waals surface area (Å²) in [6, 6.07) is 24.4. The van der Waals surface area contributed by atoms with Gasteiger partial charge in [-0.15, -0.1) is 0 Å². The van der Waals surface area contributed by atoms with Crippen molar-refractivity contribution in [2.24, 2.45) is 0 Å². The van der Waals surface area contributed by atoms with E-state index in [0.29, 0.717) is 0 Å². The molecule has 3 rings (SSSR count). The SMILES string of the molecule is CCCCC(C(=O)c1ccc2ccccc2c1)c1ccccc1. The number of hydrogen-bond donors (Lipinski definition) is 0. The zero-order chi connectivity index (χ0) is 16.1. The Labute approximate surface area is 138 Å². The highest BCUT2D eigenvalue weighted by atomic mass is 16.1. The number of Topliss-reactive ketones (excluding diaryl/α,β-unsaturated/α-hetero) is 1. The highest BCUT2D eigenvalue weighted by Crippen LogP contribution is 2.27. The highest BCUT2D eigenvalue weighted by Gasteiger charge is 2.21. The molecule has 0 radical (unpaired) electrons. The molecular weight excluding hydrogens is 280 g/mol. The van der Waals surface area contributed by atoms with Gasteiger partial charge in [-0.2, -0.15) is 0 Å². The normalized spacial score (nSPS) is 12.2. The van der Waals surface area contributed by atoms with Crippen LogP contribution in [-0.2, 0) is 0 Å². The molecule has 116 valence electrons. The van der Waals surface area contributed by atoms with Gasteiger partial charge in [-0.05, 0) is 28.8 Å². The molecule has 23 heavy (non-hydrogen) atoms. The van der Waals surface area contributed by atoms with Gasteiger partial charge in [0.25, 0.3) is 0 Å². The molecule has 0 amide bonds. The van der Waals surface area contributed by atoms with Gasteiger partial charge in [0.2, 0.25) is 0 Å². The van der Waals surface area contributed by atoms with Crippen LogP contribution in [0.3, 0.4) is 0 Å². The zero-order valence-corrected chi connectivity index (χ0v) is 13.5. The molecule has 0 saturated heterocycles. The van der Waals surface area contributed by atoms with Gasteiger partial charge < -0.3 is 0 Å². The molecule has 0 aliphatic heterocycles. The molecule has 1 nitrogen and oxygen atoms in total. The summed E-state index contributed by atoms with van der Waals surface area (Å²) in [5.74, 6) is 0.188. The maximum atomic E-state index is 13.1. The Morgan fingerprint density at radius 1 is 0.870 bits per heavy atom. The summed E-state index contributed by atoms with van der Waals surface area (Å²) in [6.45, 7) is 2.17. The zero-order valence-electron chi connectivity index (χ0n) is 13.5. The summed E-state index contributed by atoms with van der Waals surface area (Å²) in [6.07, 6.45) is 3.08. The fourth-order valence-corrected chi connectivity index (χ4v) is 3.09. The largest absolute Gasteiger partial charge is 0.293 e. The number of ketones is 1. The summed E-state index contributed by atoms with van der Waals surface area (Å²) >= 11 is 0. The van der Waals surface area contributed by atoms with Crippen LogP contribution >= 0.6 is 0 Å². The molecule has 0 aliphatic rings. The first-order valence-corrected chi connectivity index (χ1v) is 8.37. The number of benzene rings is 3. The summed E-state index contributed by atoms with van der Waals surface area (Å²) in [7, 11) is 0. The minimum absolute atomic E-state index is 0.0442. The van der Waals surface area contributed by atoms with E-state index in [4.69, 9.17) is 0 Å². The lowest BCUT2D eigenvalue weighted by molar-refractivity contribution is 0.0954. The van der Waals surface area contributed by atoms with Crippen LogP contribution in [0.4, 0.5) is 0 Å². The molecule has 0 bridgehead atoms. The molecule has 0 N–H and O–H groups in total. The molecule has 0 saturated carbocycles. The van der Waals surface area contributed by atoms with Crippen molar-refractivity contribution in [2.75, 3.05) is 0 Å². The Morgan fingerprint density at radius 3 is 2.30 bits per heavy atom. The minimum Gasteiger partial charge on any atom is -0.293 e. The molecule has 1 heteroatoms. The fraction of sp³-hybridized carbons (Fsp3) is 0.227. The third kappa shape index (κ3) is 3.50. The van der Waals surface area contributed by atoms with E-state index in [2.05, 4.69) is 31.2 Å². The van der Waals surface area contributed by atoms with E-state index in [1.807, 2.05) is 48.5 Å². The summed E-state index contributed by atoms with van der Waals surface area (Å²) in [4.78, 5) is 13.1. The second-order valence-electron chi connectivity index (χ2n) is 6.03. The van der Waals surface area contributed by atoms with Crippen molar-refractivity contribution in [1.29, 1.82) is 0 Å². The topological polar surface area (TPSA) is 17.1 Å². The van der Waals surface area contributed by atoms with Crippen molar-refractivity contribution in [1.82, 2.24) is 0 Å². The van der Waals surface area contributed by atoms with E-state index in [0.717, 1.165) is 35.8 Å². The minimum atomic E-state index is -0.0442. The molecule has 0 fully saturated rings. The smallest absolute Gasteiger partial charge is 0.170 e. The Kier molecular flexibility index (Phi) is 4.87. The van der Waals surface area contributed by atoms with Crippen molar-refractivity contribution in [2.45, 2.75) is 32.1 Å². The number of carbonyl (C=O) groups excluding carboxylic acids is 1. The van der Waals surface area contributed by atoms with Gasteiger partial charge >= 0.3 is 0 Å². The first-order chi connectivity index (χ1) is 11.3. The van der Waals surface area contributed by atoms with Crippen molar-refractivity contribution in [3.63, 3.8) is 0 Å². The van der Waals surface area contributed by atoms with Gasteiger partial charge in [0, 0.05) is 11.5 Å². The monoisotopic (exact) mass is 302 g/mol. The van der Waals surface area contributed by atoms with Crippen molar-refractivity contribution < 1.29 is 4.79 Å². The lowest BCUT2D eigenvalue weighted by Crippen LogP contribution is -2.13. The number of unbranched alkanes of at least 4 members (excludes halogenated alkanes) is 1. The average Bonchev–Trinajstić information content (AvgIpc) is 2.62. The van der Waals surface area contributed by atoms with Crippen LogP contribution in [0.1, 0.15) is 48.0 Å². The molecule has 3 aromatic rings. The third-order valence-electron chi connectivity index (χ3n) is 4.40. The molecule has 1 unspecified atom stereocenters. The van der Waals surface area contributed by atoms with Crippen LogP contribution in [0.25, 0.3) is 10.8 Å². The molecule has 3 aromatic carbocycles. The molecule has 0 spiro atoms. The quantitative estimate of drug-likeness (QED) is 0.511. The predicted octanol–water partition coefficient (Wildman–Crippen LogP) is 6.00. The van der Waals surface area contributed by atoms with Gasteiger partial charge in [0.05, 0.1) is 0 Å². The van der Waals surface area contributed by atoms with Gasteiger partial charge in [-0.25, -0.2) is 0 Å². The predicted molar refractivity (Wildman–Crippen MR) is 97.0 cm³/mol. The highest BCUT2D eigenvalue weighted by molar-refractivity contribution is 6.03. The maximum Gasteiger partial charge on any atom is 0.170 e. The number of hydrogen-bond acceptors (Lipinski definition) is 1. The van der Waals surface area contributed by atoms with Crippen LogP contribution in [0.5, 0.6) is 0 Å². The Morgan fingerprint density at radius 2 is 1.57 bits per heavy atom. The number of fused-ring (bicyclic) bond motifs is 1. The van der Waals surface area contributed by atoms with Crippen molar-refractivity contribution >= 4 is 16.6 Å². The van der Waals surface area contributed by atoms with E-state index < -0.39 is 0 Å². The molecule has 0 heterocycles. The van der Waals surface area contributed by atoms with E-state index >= 15 is 0 Å². The molecule has 1 atom stereocenters. The summed E-state index contributed by atoms with van der Waals surface area (Å²) in [5.41, 5.74) is 1.94. The van der Waals surface area contributed by atoms with Crippen molar-refractivity contribution in [3.05, 3.63) is 83.9 Å². The second kappa shape index (κ2) is 7.23. The number of rotatable bonds is 6. The molecule has 0 aliphatic carbocycles. The van der Waals surface area contributed by atoms with E-state index in [9.17, 15) is 4.79 Å². The second-order valence-corrected chi connectivity index (χ2v) is 6.03. The third-order valence-corrected chi connectivity index (χ3v) is 4.40. The van der Waals surface area contributed by atoms with E-state index in [1.165, 1.54) is 5.39 Å². The standard InChI is InChI=1S/C22H22O/c1-2-3-13-21(18-10-5-4-6-11-18)22(23)20-15-14-17-9-7-8-12-19(17)16-20/h4-12,14-16,21H,2-3,13H2,1H3. The average molecular weight is 302 g/mol. The first kappa shape index (κ1) is 15.5. The molecule has 0 aromatic heterocycles. The van der Waals surface area contributed by atoms with E-state index in [1.54, 1.807) is 0 Å². The van der Waals surface area contributed by atoms with Gasteiger partial charge in [-0.1, -0.05) is 86.5 Å². The molecular formula is C22H22O. The maximum absolute atomic E-state index is 13.1. The van der Waals surface area contributed by atoms with Gasteiger partial charge in [-0.3, -0.25) is 4.79 Å². The Hall–Kier alpha value is -2.41. The van der Waals surface area contributed by atoms with Gasteiger partial charge in [0.1, 0.15) is 0 Å². The van der Waals surface area contributed by atoms with Crippen LogP contribution in [0, 0.1) is 0 Å². The Bertz CT molecular complexity index is 789. The summed E-state index contributed by atoms with van der Waals surface area (Å²) < 4.78 is 0. The first-order valence-electron chi connectivity index (χ1n) is 8.37. The number of carbonyl (C=O) groups is 1. The van der Waals surface area contributed by atoms with Crippen molar-refractivity contribution in [3.8, 4) is 0 Å². The Balaban J connectivity index is 1.95.